The van der Waals surface area contributed by atoms with E-state index in [2.05, 4.69) is 20.4 Å². The van der Waals surface area contributed by atoms with E-state index in [1.165, 1.54) is 18.4 Å². The van der Waals surface area contributed by atoms with Crippen LogP contribution in [-0.2, 0) is 4.79 Å². The summed E-state index contributed by atoms with van der Waals surface area (Å²) in [6.07, 6.45) is 6.24. The minimum atomic E-state index is -0.734. The Balaban J connectivity index is 2.28. The van der Waals surface area contributed by atoms with Crippen LogP contribution in [-0.4, -0.2) is 11.1 Å². The lowest BCUT2D eigenvalue weighted by atomic mass is 9.61. The highest BCUT2D eigenvalue weighted by atomic mass is 16.4. The lowest BCUT2D eigenvalue weighted by Gasteiger charge is -2.43. The molecular weight excluding hydrogens is 212 g/mol. The molecule has 0 aliphatic heterocycles. The van der Waals surface area contributed by atoms with Crippen molar-refractivity contribution >= 4 is 5.97 Å². The van der Waals surface area contributed by atoms with Crippen LogP contribution < -0.4 is 0 Å². The van der Waals surface area contributed by atoms with E-state index in [9.17, 15) is 4.79 Å². The van der Waals surface area contributed by atoms with Gasteiger partial charge in [0.2, 0.25) is 0 Å². The molecule has 2 nitrogen and oxygen atoms in total. The summed E-state index contributed by atoms with van der Waals surface area (Å²) in [4.78, 5) is 11.1. The van der Waals surface area contributed by atoms with Crippen LogP contribution in [0.1, 0.15) is 39.5 Å². The Kier molecular flexibility index (Phi) is 3.41. The molecule has 0 bridgehead atoms. The van der Waals surface area contributed by atoms with Crippen molar-refractivity contribution in [2.24, 2.45) is 23.7 Å². The Morgan fingerprint density at radius 3 is 2.71 bits per heavy atom. The van der Waals surface area contributed by atoms with Crippen LogP contribution in [0.5, 0.6) is 0 Å². The first-order chi connectivity index (χ1) is 8.00. The molecule has 0 radical (unpaired) electrons. The fourth-order valence-corrected chi connectivity index (χ4v) is 3.63. The fourth-order valence-electron chi connectivity index (χ4n) is 3.63. The summed E-state index contributed by atoms with van der Waals surface area (Å²) in [7, 11) is 0. The van der Waals surface area contributed by atoms with E-state index in [1.54, 1.807) is 0 Å². The summed E-state index contributed by atoms with van der Waals surface area (Å²) >= 11 is 0. The number of rotatable bonds is 2. The normalized spacial score (nSPS) is 36.9. The highest BCUT2D eigenvalue weighted by Gasteiger charge is 2.39. The molecule has 0 aromatic heterocycles. The minimum absolute atomic E-state index is 0.413. The fraction of sp³-hybridized carbons (Fsp3) is 0.667. The maximum absolute atomic E-state index is 11.1. The van der Waals surface area contributed by atoms with E-state index < -0.39 is 5.97 Å². The quantitative estimate of drug-likeness (QED) is 0.740. The van der Waals surface area contributed by atoms with Crippen LogP contribution in [0.3, 0.4) is 0 Å². The Hall–Kier alpha value is -1.05. The molecule has 17 heavy (non-hydrogen) atoms. The molecule has 0 saturated heterocycles. The largest absolute Gasteiger partial charge is 0.478 e. The molecule has 2 aliphatic carbocycles. The van der Waals surface area contributed by atoms with Gasteiger partial charge >= 0.3 is 5.97 Å². The predicted molar refractivity (Wildman–Crippen MR) is 68.6 cm³/mol. The maximum atomic E-state index is 11.1. The number of carboxylic acid groups (broad SMARTS) is 1. The summed E-state index contributed by atoms with van der Waals surface area (Å²) in [6, 6.07) is 0. The average Bonchev–Trinajstić information content (AvgIpc) is 2.28. The first-order valence-corrected chi connectivity index (χ1v) is 6.60. The molecule has 2 aliphatic rings. The standard InChI is InChI=1S/C15H22O2/c1-9(2)12-6-4-10(3)13-7-5-11(15(16)17)8-14(12)13/h8,10,12-14H,1,4-7H2,2-3H3,(H,16,17)/t10-,12-,13-,14-/m1/s1. The number of aliphatic carboxylic acids is 1. The summed E-state index contributed by atoms with van der Waals surface area (Å²) in [6.45, 7) is 8.48. The third-order valence-corrected chi connectivity index (χ3v) is 4.67. The summed E-state index contributed by atoms with van der Waals surface area (Å²) in [5.41, 5.74) is 1.83. The van der Waals surface area contributed by atoms with Crippen LogP contribution in [0, 0.1) is 23.7 Å². The summed E-state index contributed by atoms with van der Waals surface area (Å²) in [5.74, 6) is 1.56. The van der Waals surface area contributed by atoms with E-state index in [-0.39, 0.29) is 0 Å². The second-order valence-corrected chi connectivity index (χ2v) is 5.78. The zero-order valence-electron chi connectivity index (χ0n) is 10.8. The average molecular weight is 234 g/mol. The molecule has 0 aromatic rings. The molecule has 0 amide bonds. The van der Waals surface area contributed by atoms with Gasteiger partial charge < -0.3 is 5.11 Å². The molecule has 2 rings (SSSR count). The number of carboxylic acids is 1. The zero-order valence-corrected chi connectivity index (χ0v) is 10.8. The zero-order chi connectivity index (χ0) is 12.6. The summed E-state index contributed by atoms with van der Waals surface area (Å²) < 4.78 is 0. The van der Waals surface area contributed by atoms with E-state index in [0.717, 1.165) is 18.8 Å². The van der Waals surface area contributed by atoms with Crippen LogP contribution in [0.2, 0.25) is 0 Å². The Morgan fingerprint density at radius 1 is 1.41 bits per heavy atom. The number of allylic oxidation sites excluding steroid dienone is 2. The smallest absolute Gasteiger partial charge is 0.331 e. The molecule has 1 N–H and O–H groups in total. The lowest BCUT2D eigenvalue weighted by Crippen LogP contribution is -2.35. The molecule has 0 unspecified atom stereocenters. The third kappa shape index (κ3) is 2.31. The molecule has 1 saturated carbocycles. The van der Waals surface area contributed by atoms with Crippen molar-refractivity contribution in [3.8, 4) is 0 Å². The van der Waals surface area contributed by atoms with E-state index >= 15 is 0 Å². The van der Waals surface area contributed by atoms with Crippen molar-refractivity contribution in [3.05, 3.63) is 23.8 Å². The molecule has 1 fully saturated rings. The molecule has 0 heterocycles. The van der Waals surface area contributed by atoms with E-state index in [4.69, 9.17) is 5.11 Å². The number of fused-ring (bicyclic) bond motifs is 1. The van der Waals surface area contributed by atoms with Gasteiger partial charge in [0.25, 0.3) is 0 Å². The maximum Gasteiger partial charge on any atom is 0.331 e. The second kappa shape index (κ2) is 4.67. The monoisotopic (exact) mass is 234 g/mol. The Labute approximate surface area is 103 Å². The third-order valence-electron chi connectivity index (χ3n) is 4.67. The highest BCUT2D eigenvalue weighted by Crippen LogP contribution is 2.47. The molecule has 4 atom stereocenters. The Morgan fingerprint density at radius 2 is 2.12 bits per heavy atom. The van der Waals surface area contributed by atoms with Crippen molar-refractivity contribution in [1.82, 2.24) is 0 Å². The van der Waals surface area contributed by atoms with Gasteiger partial charge in [-0.3, -0.25) is 0 Å². The van der Waals surface area contributed by atoms with Gasteiger partial charge in [-0.25, -0.2) is 4.79 Å². The summed E-state index contributed by atoms with van der Waals surface area (Å²) in [5, 5.41) is 9.13. The Bertz CT molecular complexity index is 367. The van der Waals surface area contributed by atoms with Gasteiger partial charge in [0.1, 0.15) is 0 Å². The van der Waals surface area contributed by atoms with Crippen LogP contribution in [0.15, 0.2) is 23.8 Å². The molecular formula is C15H22O2. The van der Waals surface area contributed by atoms with Gasteiger partial charge in [-0.05, 0) is 56.3 Å². The van der Waals surface area contributed by atoms with Crippen molar-refractivity contribution in [2.45, 2.75) is 39.5 Å². The molecule has 2 heteroatoms. The van der Waals surface area contributed by atoms with Crippen LogP contribution in [0.25, 0.3) is 0 Å². The van der Waals surface area contributed by atoms with Gasteiger partial charge in [-0.2, -0.15) is 0 Å². The second-order valence-electron chi connectivity index (χ2n) is 5.78. The number of hydrogen-bond donors (Lipinski definition) is 1. The van der Waals surface area contributed by atoms with Gasteiger partial charge in [0, 0.05) is 5.57 Å². The SMILES string of the molecule is C=C(C)[C@H]1CC[C@@H](C)[C@H]2CCC(C(=O)O)=C[C@@H]21. The van der Waals surface area contributed by atoms with Gasteiger partial charge in [-0.15, -0.1) is 0 Å². The van der Waals surface area contributed by atoms with Crippen molar-refractivity contribution in [2.75, 3.05) is 0 Å². The number of hydrogen-bond acceptors (Lipinski definition) is 1. The van der Waals surface area contributed by atoms with Crippen molar-refractivity contribution < 1.29 is 9.90 Å². The van der Waals surface area contributed by atoms with Crippen molar-refractivity contribution in [1.29, 1.82) is 0 Å². The molecule has 94 valence electrons. The number of carbonyl (C=O) groups is 1. The minimum Gasteiger partial charge on any atom is -0.478 e. The lowest BCUT2D eigenvalue weighted by molar-refractivity contribution is -0.133. The van der Waals surface area contributed by atoms with Gasteiger partial charge in [0.15, 0.2) is 0 Å². The first-order valence-electron chi connectivity index (χ1n) is 6.60. The first kappa shape index (κ1) is 12.4. The van der Waals surface area contributed by atoms with Gasteiger partial charge in [0.05, 0.1) is 0 Å². The highest BCUT2D eigenvalue weighted by molar-refractivity contribution is 5.86. The van der Waals surface area contributed by atoms with Crippen molar-refractivity contribution in [3.63, 3.8) is 0 Å². The van der Waals surface area contributed by atoms with Gasteiger partial charge in [-0.1, -0.05) is 25.2 Å². The molecule has 0 aromatic carbocycles. The topological polar surface area (TPSA) is 37.3 Å². The predicted octanol–water partition coefficient (Wildman–Crippen LogP) is 3.65. The van der Waals surface area contributed by atoms with Crippen LogP contribution >= 0.6 is 0 Å². The molecule has 0 spiro atoms. The van der Waals surface area contributed by atoms with E-state index in [1.807, 2.05) is 6.08 Å². The van der Waals surface area contributed by atoms with Crippen LogP contribution in [0.4, 0.5) is 0 Å². The van der Waals surface area contributed by atoms with E-state index in [0.29, 0.717) is 23.3 Å².